The maximum Gasteiger partial charge on any atom is 0.238 e. The van der Waals surface area contributed by atoms with Crippen LogP contribution in [0, 0.1) is 0 Å². The summed E-state index contributed by atoms with van der Waals surface area (Å²) in [5, 5.41) is 4.91. The minimum Gasteiger partial charge on any atom is -0.492 e. The van der Waals surface area contributed by atoms with Gasteiger partial charge in [-0.1, -0.05) is 41.4 Å². The number of anilines is 3. The first-order valence-electron chi connectivity index (χ1n) is 15.5. The lowest BCUT2D eigenvalue weighted by atomic mass is 10.0. The van der Waals surface area contributed by atoms with Crippen LogP contribution in [0.15, 0.2) is 48.8 Å². The highest BCUT2D eigenvalue weighted by Gasteiger charge is 2.28. The van der Waals surface area contributed by atoms with E-state index in [0.29, 0.717) is 50.9 Å². The van der Waals surface area contributed by atoms with Crippen molar-refractivity contribution in [3.05, 3.63) is 58.8 Å². The van der Waals surface area contributed by atoms with E-state index in [1.54, 1.807) is 25.3 Å². The quantitative estimate of drug-likeness (QED) is 0.231. The molecule has 1 N–H and O–H groups in total. The van der Waals surface area contributed by atoms with E-state index in [1.165, 1.54) is 10.2 Å². The molecule has 45 heavy (non-hydrogen) atoms. The van der Waals surface area contributed by atoms with E-state index in [0.717, 1.165) is 63.2 Å². The fourth-order valence-corrected chi connectivity index (χ4v) is 7.74. The second-order valence-electron chi connectivity index (χ2n) is 11.6. The van der Waals surface area contributed by atoms with Crippen molar-refractivity contribution in [2.24, 2.45) is 0 Å². The summed E-state index contributed by atoms with van der Waals surface area (Å²) in [6.45, 7) is 10.4. The molecule has 2 aromatic carbocycles. The Hall–Kier alpha value is -3.09. The molecule has 0 amide bonds. The number of para-hydroxylation sites is 1. The first kappa shape index (κ1) is 31.9. The molecule has 0 bridgehead atoms. The average Bonchev–Trinajstić information content (AvgIpc) is 3.44. The Morgan fingerprint density at radius 3 is 2.44 bits per heavy atom. The van der Waals surface area contributed by atoms with Gasteiger partial charge >= 0.3 is 0 Å². The Balaban J connectivity index is 1.26. The first-order valence-corrected chi connectivity index (χ1v) is 17.8. The van der Waals surface area contributed by atoms with Gasteiger partial charge in [0, 0.05) is 68.5 Å². The molecule has 10 nitrogen and oxygen atoms in total. The maximum absolute atomic E-state index is 12.9. The van der Waals surface area contributed by atoms with Gasteiger partial charge in [0.15, 0.2) is 0 Å². The van der Waals surface area contributed by atoms with Gasteiger partial charge in [-0.05, 0) is 45.9 Å². The average molecular weight is 673 g/mol. The third kappa shape index (κ3) is 6.59. The van der Waals surface area contributed by atoms with Crippen molar-refractivity contribution in [3.8, 4) is 17.0 Å². The van der Waals surface area contributed by atoms with Crippen molar-refractivity contribution in [1.82, 2.24) is 23.7 Å². The zero-order chi connectivity index (χ0) is 31.7. The summed E-state index contributed by atoms with van der Waals surface area (Å²) in [5.74, 6) is 0.881. The summed E-state index contributed by atoms with van der Waals surface area (Å²) < 4.78 is 33.1. The number of aromatic nitrogens is 3. The van der Waals surface area contributed by atoms with E-state index >= 15 is 0 Å². The van der Waals surface area contributed by atoms with Gasteiger partial charge in [0.2, 0.25) is 16.0 Å². The Labute approximate surface area is 274 Å². The number of piperazine rings is 1. The zero-order valence-corrected chi connectivity index (χ0v) is 28.2. The Morgan fingerprint density at radius 2 is 1.73 bits per heavy atom. The number of halogens is 2. The molecule has 2 saturated heterocycles. The van der Waals surface area contributed by atoms with Gasteiger partial charge in [0.1, 0.15) is 5.75 Å². The summed E-state index contributed by atoms with van der Waals surface area (Å²) in [6.07, 6.45) is 5.28. The van der Waals surface area contributed by atoms with E-state index in [1.807, 2.05) is 31.2 Å². The van der Waals surface area contributed by atoms with Gasteiger partial charge in [-0.2, -0.15) is 0 Å². The number of piperidine rings is 1. The molecular formula is C32H39Cl2N7O3S. The number of nitrogens with zero attached hydrogens (tertiary/aromatic N) is 6. The van der Waals surface area contributed by atoms with Crippen LogP contribution in [-0.2, 0) is 10.0 Å². The number of likely N-dealkylation sites (N-methyl/N-ethyl adjacent to an activating group) is 1. The highest BCUT2D eigenvalue weighted by molar-refractivity contribution is 7.90. The van der Waals surface area contributed by atoms with E-state index in [2.05, 4.69) is 32.0 Å². The number of nitrogens with one attached hydrogen (secondary N) is 1. The van der Waals surface area contributed by atoms with Crippen molar-refractivity contribution >= 4 is 61.5 Å². The van der Waals surface area contributed by atoms with Crippen molar-refractivity contribution < 1.29 is 13.2 Å². The fourth-order valence-electron chi connectivity index (χ4n) is 6.26. The number of hydrogen-bond donors (Lipinski definition) is 1. The van der Waals surface area contributed by atoms with Gasteiger partial charge in [-0.25, -0.2) is 22.4 Å². The molecule has 0 aliphatic carbocycles. The third-order valence-electron chi connectivity index (χ3n) is 8.80. The van der Waals surface area contributed by atoms with Crippen molar-refractivity contribution in [2.45, 2.75) is 32.7 Å². The van der Waals surface area contributed by atoms with E-state index in [9.17, 15) is 8.42 Å². The Kier molecular flexibility index (Phi) is 9.44. The molecule has 13 heteroatoms. The summed E-state index contributed by atoms with van der Waals surface area (Å²) >= 11 is 13.5. The van der Waals surface area contributed by atoms with Crippen LogP contribution in [0.25, 0.3) is 22.2 Å². The lowest BCUT2D eigenvalue weighted by Gasteiger charge is -2.42. The molecule has 2 fully saturated rings. The molecule has 4 heterocycles. The predicted molar refractivity (Wildman–Crippen MR) is 183 cm³/mol. The van der Waals surface area contributed by atoms with Crippen LogP contribution in [0.1, 0.15) is 26.7 Å². The highest BCUT2D eigenvalue weighted by atomic mass is 35.5. The van der Waals surface area contributed by atoms with E-state index in [4.69, 9.17) is 32.9 Å². The van der Waals surface area contributed by atoms with Crippen LogP contribution in [0.4, 0.5) is 17.3 Å². The van der Waals surface area contributed by atoms with Gasteiger partial charge in [0.05, 0.1) is 51.2 Å². The number of hydrogen-bond acceptors (Lipinski definition) is 9. The van der Waals surface area contributed by atoms with Gasteiger partial charge in [-0.3, -0.25) is 4.90 Å². The summed E-state index contributed by atoms with van der Waals surface area (Å²) in [4.78, 5) is 16.5. The summed E-state index contributed by atoms with van der Waals surface area (Å²) in [6, 6.07) is 11.7. The van der Waals surface area contributed by atoms with Crippen LogP contribution in [0.2, 0.25) is 10.0 Å². The second kappa shape index (κ2) is 13.3. The summed E-state index contributed by atoms with van der Waals surface area (Å²) in [7, 11) is -1.36. The maximum atomic E-state index is 12.9. The Bertz CT molecular complexity index is 1780. The highest BCUT2D eigenvalue weighted by Crippen LogP contribution is 2.40. The smallest absolute Gasteiger partial charge is 0.238 e. The van der Waals surface area contributed by atoms with Crippen LogP contribution < -0.4 is 15.0 Å². The fraction of sp³-hybridized carbons (Fsp3) is 0.438. The molecule has 2 aliphatic rings. The molecule has 4 aromatic rings. The molecule has 0 spiro atoms. The molecule has 2 aromatic heterocycles. The predicted octanol–water partition coefficient (Wildman–Crippen LogP) is 5.96. The monoisotopic (exact) mass is 671 g/mol. The van der Waals surface area contributed by atoms with Crippen molar-refractivity contribution in [1.29, 1.82) is 0 Å². The van der Waals surface area contributed by atoms with Crippen LogP contribution >= 0.6 is 23.2 Å². The first-order chi connectivity index (χ1) is 21.7. The SMILES string of the molecule is CCOc1cc(N2CCC(N3CCN(C)CC3)CC2)c(Cl)cc1Nc1ncc(Cl)c(-c2cn(S(=O)(=O)CC)c3ccccc23)n1. The largest absolute Gasteiger partial charge is 0.492 e. The molecule has 240 valence electrons. The van der Waals surface area contributed by atoms with E-state index < -0.39 is 10.0 Å². The lowest BCUT2D eigenvalue weighted by molar-refractivity contribution is 0.0982. The van der Waals surface area contributed by atoms with Gasteiger partial charge in [-0.15, -0.1) is 0 Å². The normalized spacial score (nSPS) is 17.2. The molecule has 2 aliphatic heterocycles. The minimum atomic E-state index is -3.55. The minimum absolute atomic E-state index is 0.0410. The number of fused-ring (bicyclic) bond motifs is 1. The standard InChI is InChI=1S/C32H39Cl2N7O3S/c1-4-44-30-19-29(40-12-10-22(11-13-40)39-16-14-38(3)15-17-39)25(33)18-27(30)36-32-35-20-26(34)31(37-32)24-21-41(45(42,43)5-2)28-9-7-6-8-23(24)28/h6-9,18-22H,4-5,10-17H2,1-3H3,(H,35,36,37). The molecule has 0 unspecified atom stereocenters. The van der Waals surface area contributed by atoms with Gasteiger partial charge < -0.3 is 19.9 Å². The summed E-state index contributed by atoms with van der Waals surface area (Å²) in [5.41, 5.74) is 3.15. The van der Waals surface area contributed by atoms with Crippen LogP contribution in [0.3, 0.4) is 0 Å². The molecule has 0 saturated carbocycles. The van der Waals surface area contributed by atoms with E-state index in [-0.39, 0.29) is 11.7 Å². The van der Waals surface area contributed by atoms with Crippen molar-refractivity contribution in [2.75, 3.05) is 68.9 Å². The Morgan fingerprint density at radius 1 is 1.00 bits per heavy atom. The molecule has 0 atom stereocenters. The van der Waals surface area contributed by atoms with Gasteiger partial charge in [0.25, 0.3) is 0 Å². The number of benzene rings is 2. The lowest BCUT2D eigenvalue weighted by Crippen LogP contribution is -2.52. The second-order valence-corrected chi connectivity index (χ2v) is 14.5. The van der Waals surface area contributed by atoms with Crippen LogP contribution in [0.5, 0.6) is 5.75 Å². The molecule has 6 rings (SSSR count). The third-order valence-corrected chi connectivity index (χ3v) is 11.0. The zero-order valence-electron chi connectivity index (χ0n) is 25.8. The molecular weight excluding hydrogens is 633 g/mol. The van der Waals surface area contributed by atoms with Crippen molar-refractivity contribution in [3.63, 3.8) is 0 Å². The number of rotatable bonds is 9. The topological polar surface area (TPSA) is 95.8 Å². The van der Waals surface area contributed by atoms with Crippen LogP contribution in [-0.4, -0.2) is 96.9 Å². The molecule has 0 radical (unpaired) electrons. The number of ether oxygens (including phenoxy) is 1.